The molecule has 1 aromatic carbocycles. The van der Waals surface area contributed by atoms with Crippen molar-refractivity contribution in [3.8, 4) is 0 Å². The van der Waals surface area contributed by atoms with Crippen LogP contribution in [0.5, 0.6) is 0 Å². The van der Waals surface area contributed by atoms with E-state index in [2.05, 4.69) is 4.90 Å². The number of benzene rings is 1. The average molecular weight is 352 g/mol. The maximum absolute atomic E-state index is 13.7. The third kappa shape index (κ3) is 5.41. The molecule has 25 heavy (non-hydrogen) atoms. The molecule has 1 aliphatic rings. The minimum absolute atomic E-state index is 0.00875. The Hall–Kier alpha value is -1.66. The number of hydrogen-bond acceptors (Lipinski definition) is 4. The quantitative estimate of drug-likeness (QED) is 0.908. The molecule has 0 saturated carbocycles. The lowest BCUT2D eigenvalue weighted by Crippen LogP contribution is -2.55. The first kappa shape index (κ1) is 19.7. The van der Waals surface area contributed by atoms with Crippen molar-refractivity contribution < 1.29 is 19.0 Å². The predicted octanol–water partition coefficient (Wildman–Crippen LogP) is 3.11. The van der Waals surface area contributed by atoms with Gasteiger partial charge >= 0.3 is 6.09 Å². The third-order valence-electron chi connectivity index (χ3n) is 4.35. The fraction of sp³-hybridized carbons (Fsp3) is 0.632. The monoisotopic (exact) mass is 352 g/mol. The summed E-state index contributed by atoms with van der Waals surface area (Å²) in [5.74, 6) is -0.306. The number of carbonyl (C=O) groups excluding carboxylic acids is 1. The molecule has 1 N–H and O–H groups in total. The van der Waals surface area contributed by atoms with Gasteiger partial charge in [0.2, 0.25) is 0 Å². The van der Waals surface area contributed by atoms with Crippen LogP contribution in [-0.4, -0.2) is 58.8 Å². The molecule has 2 atom stereocenters. The van der Waals surface area contributed by atoms with Crippen LogP contribution < -0.4 is 0 Å². The van der Waals surface area contributed by atoms with Gasteiger partial charge in [-0.25, -0.2) is 9.18 Å². The Morgan fingerprint density at radius 3 is 2.64 bits per heavy atom. The van der Waals surface area contributed by atoms with Crippen molar-refractivity contribution in [1.82, 2.24) is 9.80 Å². The summed E-state index contributed by atoms with van der Waals surface area (Å²) in [6.45, 7) is 11.5. The van der Waals surface area contributed by atoms with Crippen molar-refractivity contribution in [2.75, 3.05) is 26.2 Å². The van der Waals surface area contributed by atoms with Gasteiger partial charge in [0, 0.05) is 32.2 Å². The normalized spacial score (nSPS) is 20.4. The fourth-order valence-corrected chi connectivity index (χ4v) is 2.96. The van der Waals surface area contributed by atoms with Gasteiger partial charge in [-0.05, 0) is 51.8 Å². The molecule has 0 spiro atoms. The number of carbonyl (C=O) groups is 1. The maximum Gasteiger partial charge on any atom is 0.410 e. The van der Waals surface area contributed by atoms with E-state index in [0.717, 1.165) is 0 Å². The van der Waals surface area contributed by atoms with E-state index in [9.17, 15) is 14.3 Å². The Bertz CT molecular complexity index is 615. The Morgan fingerprint density at radius 2 is 2.08 bits per heavy atom. The molecule has 140 valence electrons. The van der Waals surface area contributed by atoms with Crippen LogP contribution in [0.2, 0.25) is 0 Å². The number of β-amino-alcohol motifs (C(OH)–C–C–N with tert-alkyl or cyclic N) is 1. The molecule has 0 radical (unpaired) electrons. The van der Waals surface area contributed by atoms with Gasteiger partial charge in [0.1, 0.15) is 11.4 Å². The summed E-state index contributed by atoms with van der Waals surface area (Å²) in [6.07, 6.45) is -1.06. The molecular formula is C19H29FN2O3. The van der Waals surface area contributed by atoms with E-state index < -0.39 is 11.7 Å². The maximum atomic E-state index is 13.7. The minimum atomic E-state index is -0.754. The van der Waals surface area contributed by atoms with E-state index in [-0.39, 0.29) is 18.0 Å². The summed E-state index contributed by atoms with van der Waals surface area (Å²) >= 11 is 0. The van der Waals surface area contributed by atoms with Crippen LogP contribution in [0.3, 0.4) is 0 Å². The topological polar surface area (TPSA) is 53.0 Å². The van der Waals surface area contributed by atoms with E-state index >= 15 is 0 Å². The van der Waals surface area contributed by atoms with Gasteiger partial charge in [-0.15, -0.1) is 0 Å². The number of ether oxygens (including phenoxy) is 1. The summed E-state index contributed by atoms with van der Waals surface area (Å²) in [5.41, 5.74) is 0.625. The van der Waals surface area contributed by atoms with Gasteiger partial charge in [-0.2, -0.15) is 0 Å². The second kappa shape index (κ2) is 7.70. The highest BCUT2D eigenvalue weighted by atomic mass is 19.1. The number of amides is 1. The number of rotatable bonds is 3. The molecule has 0 aliphatic carbocycles. The van der Waals surface area contributed by atoms with Crippen LogP contribution in [-0.2, 0) is 4.74 Å². The Kier molecular flexibility index (Phi) is 6.06. The lowest BCUT2D eigenvalue weighted by Gasteiger charge is -2.40. The summed E-state index contributed by atoms with van der Waals surface area (Å²) < 4.78 is 19.1. The highest BCUT2D eigenvalue weighted by molar-refractivity contribution is 5.68. The van der Waals surface area contributed by atoms with Crippen LogP contribution in [0.4, 0.5) is 9.18 Å². The zero-order valence-corrected chi connectivity index (χ0v) is 15.8. The van der Waals surface area contributed by atoms with Crippen molar-refractivity contribution in [2.24, 2.45) is 0 Å². The number of nitrogens with zero attached hydrogens (tertiary/aromatic N) is 2. The number of hydrogen-bond donors (Lipinski definition) is 1. The molecule has 1 aromatic rings. The zero-order chi connectivity index (χ0) is 18.8. The standard InChI is InChI=1S/C19H29FN2O3/c1-13-6-7-15(10-16(13)20)17(23)12-21-8-9-22(14(2)11-21)18(24)25-19(3,4)5/h6-7,10,14,17,23H,8-9,11-12H2,1-5H3/t14?,17-/m0/s1. The molecule has 2 rings (SSSR count). The van der Waals surface area contributed by atoms with Crippen molar-refractivity contribution >= 4 is 6.09 Å². The van der Waals surface area contributed by atoms with Crippen LogP contribution in [0.25, 0.3) is 0 Å². The fourth-order valence-electron chi connectivity index (χ4n) is 2.96. The number of aryl methyl sites for hydroxylation is 1. The Labute approximate surface area is 149 Å². The third-order valence-corrected chi connectivity index (χ3v) is 4.35. The van der Waals surface area contributed by atoms with Gasteiger partial charge in [0.25, 0.3) is 0 Å². The molecule has 1 saturated heterocycles. The Balaban J connectivity index is 1.92. The number of halogens is 1. The van der Waals surface area contributed by atoms with Crippen LogP contribution in [0.1, 0.15) is 44.9 Å². The minimum Gasteiger partial charge on any atom is -0.444 e. The SMILES string of the molecule is Cc1ccc([C@@H](O)CN2CCN(C(=O)OC(C)(C)C)C(C)C2)cc1F. The molecular weight excluding hydrogens is 323 g/mol. The van der Waals surface area contributed by atoms with Gasteiger partial charge in [-0.3, -0.25) is 4.90 Å². The van der Waals surface area contributed by atoms with Gasteiger partial charge in [0.15, 0.2) is 0 Å². The highest BCUT2D eigenvalue weighted by Crippen LogP contribution is 2.20. The second-order valence-electron chi connectivity index (χ2n) is 7.81. The lowest BCUT2D eigenvalue weighted by molar-refractivity contribution is -0.00423. The summed E-state index contributed by atoms with van der Waals surface area (Å²) in [7, 11) is 0. The summed E-state index contributed by atoms with van der Waals surface area (Å²) in [5, 5.41) is 10.4. The van der Waals surface area contributed by atoms with Crippen LogP contribution in [0.15, 0.2) is 18.2 Å². The predicted molar refractivity (Wildman–Crippen MR) is 94.9 cm³/mol. The molecule has 1 heterocycles. The van der Waals surface area contributed by atoms with E-state index in [1.807, 2.05) is 27.7 Å². The van der Waals surface area contributed by atoms with E-state index in [4.69, 9.17) is 4.74 Å². The molecule has 5 nitrogen and oxygen atoms in total. The summed E-state index contributed by atoms with van der Waals surface area (Å²) in [6, 6.07) is 4.81. The van der Waals surface area contributed by atoms with Crippen molar-refractivity contribution in [3.05, 3.63) is 35.1 Å². The molecule has 1 amide bonds. The molecule has 1 unspecified atom stereocenters. The van der Waals surface area contributed by atoms with Crippen molar-refractivity contribution in [3.63, 3.8) is 0 Å². The lowest BCUT2D eigenvalue weighted by atomic mass is 10.1. The average Bonchev–Trinajstić information content (AvgIpc) is 2.48. The smallest absolute Gasteiger partial charge is 0.410 e. The summed E-state index contributed by atoms with van der Waals surface area (Å²) in [4.78, 5) is 16.1. The molecule has 1 fully saturated rings. The zero-order valence-electron chi connectivity index (χ0n) is 15.8. The van der Waals surface area contributed by atoms with E-state index in [0.29, 0.717) is 37.3 Å². The van der Waals surface area contributed by atoms with Gasteiger partial charge in [0.05, 0.1) is 6.10 Å². The highest BCUT2D eigenvalue weighted by Gasteiger charge is 2.31. The largest absolute Gasteiger partial charge is 0.444 e. The van der Waals surface area contributed by atoms with Crippen molar-refractivity contribution in [2.45, 2.75) is 52.4 Å². The Morgan fingerprint density at radius 1 is 1.40 bits per heavy atom. The molecule has 0 aromatic heterocycles. The van der Waals surface area contributed by atoms with E-state index in [1.54, 1.807) is 24.0 Å². The number of aliphatic hydroxyl groups excluding tert-OH is 1. The first-order valence-electron chi connectivity index (χ1n) is 8.73. The number of aliphatic hydroxyl groups is 1. The van der Waals surface area contributed by atoms with E-state index in [1.165, 1.54) is 6.07 Å². The van der Waals surface area contributed by atoms with Crippen molar-refractivity contribution in [1.29, 1.82) is 0 Å². The second-order valence-corrected chi connectivity index (χ2v) is 7.81. The van der Waals surface area contributed by atoms with Gasteiger partial charge < -0.3 is 14.7 Å². The first-order valence-corrected chi connectivity index (χ1v) is 8.73. The van der Waals surface area contributed by atoms with Crippen LogP contribution >= 0.6 is 0 Å². The molecule has 0 bridgehead atoms. The van der Waals surface area contributed by atoms with Gasteiger partial charge in [-0.1, -0.05) is 12.1 Å². The number of piperazine rings is 1. The molecule has 6 heteroatoms. The first-order chi connectivity index (χ1) is 11.6. The molecule has 1 aliphatic heterocycles. The van der Waals surface area contributed by atoms with Crippen LogP contribution in [0, 0.1) is 12.7 Å².